The van der Waals surface area contributed by atoms with Crippen LogP contribution in [0, 0.1) is 12.8 Å². The number of benzene rings is 1. The zero-order valence-corrected chi connectivity index (χ0v) is 17.3. The van der Waals surface area contributed by atoms with Crippen LogP contribution in [0.5, 0.6) is 0 Å². The van der Waals surface area contributed by atoms with Gasteiger partial charge in [0.25, 0.3) is 0 Å². The largest absolute Gasteiger partial charge is 0.379 e. The summed E-state index contributed by atoms with van der Waals surface area (Å²) in [7, 11) is 0. The van der Waals surface area contributed by atoms with Crippen LogP contribution in [0.3, 0.4) is 0 Å². The normalized spacial score (nSPS) is 20.4. The lowest BCUT2D eigenvalue weighted by Crippen LogP contribution is -2.52. The molecule has 2 aliphatic heterocycles. The minimum Gasteiger partial charge on any atom is -0.379 e. The number of ether oxygens (including phenoxy) is 1. The molecule has 154 valence electrons. The highest BCUT2D eigenvalue weighted by atomic mass is 16.5. The lowest BCUT2D eigenvalue weighted by molar-refractivity contribution is -0.139. The molecule has 28 heavy (non-hydrogen) atoms. The fourth-order valence-corrected chi connectivity index (χ4v) is 4.20. The van der Waals surface area contributed by atoms with E-state index in [2.05, 4.69) is 41.4 Å². The summed E-state index contributed by atoms with van der Waals surface area (Å²) in [5.74, 6) is 0.135. The average molecular weight is 388 g/mol. The number of morpholine rings is 1. The number of carbonyl (C=O) groups is 2. The Bertz CT molecular complexity index is 668. The standard InChI is InChI=1S/C22H33N3O3/c1-16(2)21(25-10-4-5-20(25)26)22(27)23-15-19(24-11-13-28-14-12-24)18-8-6-17(3)7-9-18/h6-9,16,19,21H,4-5,10-15H2,1-3H3,(H,23,27). The minimum atomic E-state index is -0.390. The van der Waals surface area contributed by atoms with Crippen LogP contribution in [-0.2, 0) is 14.3 Å². The molecular formula is C22H33N3O3. The van der Waals surface area contributed by atoms with Gasteiger partial charge < -0.3 is 15.0 Å². The van der Waals surface area contributed by atoms with Gasteiger partial charge in [-0.25, -0.2) is 0 Å². The van der Waals surface area contributed by atoms with Crippen molar-refractivity contribution in [2.75, 3.05) is 39.4 Å². The van der Waals surface area contributed by atoms with Crippen molar-refractivity contribution in [2.45, 2.75) is 45.7 Å². The molecule has 0 radical (unpaired) electrons. The van der Waals surface area contributed by atoms with Gasteiger partial charge in [-0.2, -0.15) is 0 Å². The van der Waals surface area contributed by atoms with Crippen molar-refractivity contribution in [3.05, 3.63) is 35.4 Å². The molecule has 1 aromatic carbocycles. The van der Waals surface area contributed by atoms with Gasteiger partial charge in [-0.3, -0.25) is 14.5 Å². The van der Waals surface area contributed by atoms with E-state index in [0.29, 0.717) is 32.7 Å². The Balaban J connectivity index is 1.71. The number of likely N-dealkylation sites (tertiary alicyclic amines) is 1. The number of nitrogens with zero attached hydrogens (tertiary/aromatic N) is 2. The summed E-state index contributed by atoms with van der Waals surface area (Å²) in [4.78, 5) is 29.4. The van der Waals surface area contributed by atoms with Crippen molar-refractivity contribution < 1.29 is 14.3 Å². The van der Waals surface area contributed by atoms with Crippen LogP contribution in [0.25, 0.3) is 0 Å². The van der Waals surface area contributed by atoms with E-state index in [9.17, 15) is 9.59 Å². The Morgan fingerprint density at radius 2 is 1.82 bits per heavy atom. The van der Waals surface area contributed by atoms with Gasteiger partial charge in [0, 0.05) is 32.6 Å². The third-order valence-corrected chi connectivity index (χ3v) is 5.76. The van der Waals surface area contributed by atoms with E-state index >= 15 is 0 Å². The lowest BCUT2D eigenvalue weighted by atomic mass is 10.0. The van der Waals surface area contributed by atoms with Crippen LogP contribution >= 0.6 is 0 Å². The first kappa shape index (κ1) is 20.8. The number of aryl methyl sites for hydroxylation is 1. The summed E-state index contributed by atoms with van der Waals surface area (Å²) in [6.45, 7) is 10.5. The smallest absolute Gasteiger partial charge is 0.243 e. The van der Waals surface area contributed by atoms with Crippen LogP contribution < -0.4 is 5.32 Å². The second-order valence-electron chi connectivity index (χ2n) is 8.20. The van der Waals surface area contributed by atoms with Crippen LogP contribution in [0.4, 0.5) is 0 Å². The molecule has 1 N–H and O–H groups in total. The molecule has 0 bridgehead atoms. The Kier molecular flexibility index (Phi) is 7.08. The monoisotopic (exact) mass is 387 g/mol. The van der Waals surface area contributed by atoms with Crippen molar-refractivity contribution in [3.8, 4) is 0 Å². The highest BCUT2D eigenvalue weighted by Crippen LogP contribution is 2.23. The zero-order valence-electron chi connectivity index (χ0n) is 17.3. The van der Waals surface area contributed by atoms with Crippen molar-refractivity contribution in [1.29, 1.82) is 0 Å². The summed E-state index contributed by atoms with van der Waals surface area (Å²) < 4.78 is 5.51. The first-order chi connectivity index (χ1) is 13.5. The SMILES string of the molecule is Cc1ccc(C(CNC(=O)C(C(C)C)N2CCCC2=O)N2CCOCC2)cc1. The summed E-state index contributed by atoms with van der Waals surface area (Å²) >= 11 is 0. The number of nitrogens with one attached hydrogen (secondary N) is 1. The molecule has 6 nitrogen and oxygen atoms in total. The van der Waals surface area contributed by atoms with Gasteiger partial charge in [0.05, 0.1) is 19.3 Å². The van der Waals surface area contributed by atoms with Gasteiger partial charge in [0.15, 0.2) is 0 Å². The van der Waals surface area contributed by atoms with Crippen molar-refractivity contribution in [3.63, 3.8) is 0 Å². The number of carbonyl (C=O) groups excluding carboxylic acids is 2. The maximum Gasteiger partial charge on any atom is 0.243 e. The van der Waals surface area contributed by atoms with Crippen LogP contribution in [-0.4, -0.2) is 67.0 Å². The molecule has 2 amide bonds. The highest BCUT2D eigenvalue weighted by Gasteiger charge is 2.35. The molecular weight excluding hydrogens is 354 g/mol. The van der Waals surface area contributed by atoms with E-state index in [-0.39, 0.29) is 23.8 Å². The zero-order chi connectivity index (χ0) is 20.1. The van der Waals surface area contributed by atoms with E-state index in [4.69, 9.17) is 4.74 Å². The second kappa shape index (κ2) is 9.52. The van der Waals surface area contributed by atoms with Gasteiger partial charge >= 0.3 is 0 Å². The van der Waals surface area contributed by atoms with Crippen molar-refractivity contribution >= 4 is 11.8 Å². The number of hydrogen-bond donors (Lipinski definition) is 1. The molecule has 0 spiro atoms. The predicted octanol–water partition coefficient (Wildman–Crippen LogP) is 2.13. The van der Waals surface area contributed by atoms with Gasteiger partial charge in [-0.1, -0.05) is 43.7 Å². The number of rotatable bonds is 7. The fraction of sp³-hybridized carbons (Fsp3) is 0.636. The van der Waals surface area contributed by atoms with E-state index < -0.39 is 6.04 Å². The maximum absolute atomic E-state index is 13.0. The topological polar surface area (TPSA) is 61.9 Å². The molecule has 2 fully saturated rings. The molecule has 2 saturated heterocycles. The molecule has 0 aliphatic carbocycles. The van der Waals surface area contributed by atoms with Gasteiger partial charge in [0.2, 0.25) is 11.8 Å². The number of amides is 2. The minimum absolute atomic E-state index is 0.0457. The van der Waals surface area contributed by atoms with Crippen LogP contribution in [0.2, 0.25) is 0 Å². The quantitative estimate of drug-likeness (QED) is 0.779. The molecule has 1 aromatic rings. The molecule has 2 unspecified atom stereocenters. The third-order valence-electron chi connectivity index (χ3n) is 5.76. The molecule has 0 saturated carbocycles. The van der Waals surface area contributed by atoms with E-state index in [0.717, 1.165) is 19.5 Å². The predicted molar refractivity (Wildman–Crippen MR) is 109 cm³/mol. The van der Waals surface area contributed by atoms with E-state index in [1.807, 2.05) is 13.8 Å². The van der Waals surface area contributed by atoms with Crippen LogP contribution in [0.15, 0.2) is 24.3 Å². The summed E-state index contributed by atoms with van der Waals surface area (Å²) in [5.41, 5.74) is 2.42. The average Bonchev–Trinajstić information content (AvgIpc) is 3.09. The summed E-state index contributed by atoms with van der Waals surface area (Å²) in [5, 5.41) is 3.16. The van der Waals surface area contributed by atoms with Gasteiger partial charge in [0.1, 0.15) is 6.04 Å². The Morgan fingerprint density at radius 3 is 2.39 bits per heavy atom. The summed E-state index contributed by atoms with van der Waals surface area (Å²) in [6.07, 6.45) is 1.39. The molecule has 0 aromatic heterocycles. The van der Waals surface area contributed by atoms with Gasteiger partial charge in [-0.15, -0.1) is 0 Å². The van der Waals surface area contributed by atoms with Crippen molar-refractivity contribution in [2.24, 2.45) is 5.92 Å². The first-order valence-corrected chi connectivity index (χ1v) is 10.4. The molecule has 2 atom stereocenters. The molecule has 6 heteroatoms. The molecule has 2 aliphatic rings. The summed E-state index contributed by atoms with van der Waals surface area (Å²) in [6, 6.07) is 8.24. The fourth-order valence-electron chi connectivity index (χ4n) is 4.20. The van der Waals surface area contributed by atoms with Crippen LogP contribution in [0.1, 0.15) is 43.9 Å². The third kappa shape index (κ3) is 4.92. The Morgan fingerprint density at radius 1 is 1.14 bits per heavy atom. The van der Waals surface area contributed by atoms with E-state index in [1.165, 1.54) is 11.1 Å². The lowest BCUT2D eigenvalue weighted by Gasteiger charge is -2.36. The van der Waals surface area contributed by atoms with Crippen molar-refractivity contribution in [1.82, 2.24) is 15.1 Å². The number of hydrogen-bond acceptors (Lipinski definition) is 4. The second-order valence-corrected chi connectivity index (χ2v) is 8.20. The van der Waals surface area contributed by atoms with Gasteiger partial charge in [-0.05, 0) is 24.8 Å². The molecule has 2 heterocycles. The Hall–Kier alpha value is -1.92. The van der Waals surface area contributed by atoms with E-state index in [1.54, 1.807) is 4.90 Å². The maximum atomic E-state index is 13.0. The Labute approximate surface area is 168 Å². The first-order valence-electron chi connectivity index (χ1n) is 10.4. The molecule has 3 rings (SSSR count). The highest BCUT2D eigenvalue weighted by molar-refractivity contribution is 5.88.